The number of anilines is 1. The van der Waals surface area contributed by atoms with E-state index in [0.717, 1.165) is 44.2 Å². The van der Waals surface area contributed by atoms with Crippen molar-refractivity contribution in [1.29, 1.82) is 0 Å². The molecule has 1 saturated heterocycles. The van der Waals surface area contributed by atoms with Crippen LogP contribution in [0.3, 0.4) is 0 Å². The maximum Gasteiger partial charge on any atom is 0.233 e. The van der Waals surface area contributed by atoms with Gasteiger partial charge in [0.15, 0.2) is 0 Å². The SMILES string of the molecule is CCCc1ccc(NC(=O)CCN2C(=O)[C@H]3CCCC[C@@H]3C2=O)cc1. The zero-order valence-electron chi connectivity index (χ0n) is 14.8. The summed E-state index contributed by atoms with van der Waals surface area (Å²) in [6, 6.07) is 7.81. The number of likely N-dealkylation sites (tertiary alicyclic amines) is 1. The minimum absolute atomic E-state index is 0.0774. The molecule has 0 unspecified atom stereocenters. The Bertz CT molecular complexity index is 629. The first-order chi connectivity index (χ1) is 12.1. The third-order valence-electron chi connectivity index (χ3n) is 5.27. The van der Waals surface area contributed by atoms with Crippen molar-refractivity contribution in [3.05, 3.63) is 29.8 Å². The van der Waals surface area contributed by atoms with Gasteiger partial charge in [0, 0.05) is 18.7 Å². The Morgan fingerprint density at radius 2 is 1.68 bits per heavy atom. The van der Waals surface area contributed by atoms with Crippen LogP contribution in [0.1, 0.15) is 51.0 Å². The molecule has 5 heteroatoms. The highest BCUT2D eigenvalue weighted by Gasteiger charge is 2.47. The topological polar surface area (TPSA) is 66.5 Å². The molecule has 3 rings (SSSR count). The molecule has 1 aliphatic heterocycles. The van der Waals surface area contributed by atoms with Crippen LogP contribution in [0.4, 0.5) is 5.69 Å². The highest BCUT2D eigenvalue weighted by atomic mass is 16.2. The van der Waals surface area contributed by atoms with Crippen molar-refractivity contribution in [1.82, 2.24) is 4.90 Å². The number of imide groups is 1. The van der Waals surface area contributed by atoms with Gasteiger partial charge >= 0.3 is 0 Å². The van der Waals surface area contributed by atoms with E-state index in [1.54, 1.807) is 0 Å². The molecule has 1 aromatic carbocycles. The van der Waals surface area contributed by atoms with Crippen molar-refractivity contribution >= 4 is 23.4 Å². The van der Waals surface area contributed by atoms with Gasteiger partial charge in [-0.2, -0.15) is 0 Å². The van der Waals surface area contributed by atoms with Gasteiger partial charge < -0.3 is 5.32 Å². The fraction of sp³-hybridized carbons (Fsp3) is 0.550. The molecule has 3 amide bonds. The number of amides is 3. The number of rotatable bonds is 6. The number of nitrogens with zero attached hydrogens (tertiary/aromatic N) is 1. The summed E-state index contributed by atoms with van der Waals surface area (Å²) in [5.74, 6) is -0.609. The summed E-state index contributed by atoms with van der Waals surface area (Å²) in [7, 11) is 0. The lowest BCUT2D eigenvalue weighted by Crippen LogP contribution is -2.34. The van der Waals surface area contributed by atoms with E-state index in [2.05, 4.69) is 12.2 Å². The molecule has 1 N–H and O–H groups in total. The minimum atomic E-state index is -0.168. The Labute approximate surface area is 148 Å². The number of benzene rings is 1. The second kappa shape index (κ2) is 7.81. The standard InChI is InChI=1S/C20H26N2O3/c1-2-5-14-8-10-15(11-9-14)21-18(23)12-13-22-19(24)16-6-3-4-7-17(16)20(22)25/h8-11,16-17H,2-7,12-13H2,1H3,(H,21,23)/t16-,17-/m0/s1. The van der Waals surface area contributed by atoms with Crippen LogP contribution in [0.5, 0.6) is 0 Å². The van der Waals surface area contributed by atoms with Crippen LogP contribution in [0, 0.1) is 11.8 Å². The third-order valence-corrected chi connectivity index (χ3v) is 5.27. The molecule has 134 valence electrons. The van der Waals surface area contributed by atoms with E-state index in [1.165, 1.54) is 10.5 Å². The second-order valence-electron chi connectivity index (χ2n) is 7.07. The first-order valence-corrected chi connectivity index (χ1v) is 9.34. The average Bonchev–Trinajstić information content (AvgIpc) is 2.86. The maximum atomic E-state index is 12.4. The average molecular weight is 342 g/mol. The molecule has 0 bridgehead atoms. The van der Waals surface area contributed by atoms with E-state index in [-0.39, 0.29) is 42.5 Å². The van der Waals surface area contributed by atoms with Crippen molar-refractivity contribution < 1.29 is 14.4 Å². The Kier molecular flexibility index (Phi) is 5.51. The summed E-state index contributed by atoms with van der Waals surface area (Å²) in [5, 5.41) is 2.84. The number of carbonyl (C=O) groups is 3. The molecule has 2 fully saturated rings. The molecule has 2 atom stereocenters. The van der Waals surface area contributed by atoms with Gasteiger partial charge in [-0.25, -0.2) is 0 Å². The van der Waals surface area contributed by atoms with Gasteiger partial charge in [0.2, 0.25) is 17.7 Å². The highest BCUT2D eigenvalue weighted by molar-refractivity contribution is 6.05. The molecule has 1 saturated carbocycles. The molecule has 0 radical (unpaired) electrons. The van der Waals surface area contributed by atoms with Crippen LogP contribution in [0.2, 0.25) is 0 Å². The molecule has 0 spiro atoms. The van der Waals surface area contributed by atoms with E-state index in [1.807, 2.05) is 24.3 Å². The highest BCUT2D eigenvalue weighted by Crippen LogP contribution is 2.37. The fourth-order valence-electron chi connectivity index (χ4n) is 3.93. The molecule has 0 aromatic heterocycles. The lowest BCUT2D eigenvalue weighted by Gasteiger charge is -2.19. The molecule has 2 aliphatic rings. The molecule has 1 heterocycles. The fourth-order valence-corrected chi connectivity index (χ4v) is 3.93. The second-order valence-corrected chi connectivity index (χ2v) is 7.07. The molecule has 1 aliphatic carbocycles. The third kappa shape index (κ3) is 3.91. The van der Waals surface area contributed by atoms with Crippen molar-refractivity contribution in [3.63, 3.8) is 0 Å². The van der Waals surface area contributed by atoms with Crippen LogP contribution < -0.4 is 5.32 Å². The van der Waals surface area contributed by atoms with E-state index in [0.29, 0.717) is 0 Å². The van der Waals surface area contributed by atoms with Crippen molar-refractivity contribution in [2.24, 2.45) is 11.8 Å². The maximum absolute atomic E-state index is 12.4. The quantitative estimate of drug-likeness (QED) is 0.808. The first kappa shape index (κ1) is 17.6. The van der Waals surface area contributed by atoms with Gasteiger partial charge in [0.05, 0.1) is 11.8 Å². The van der Waals surface area contributed by atoms with Crippen molar-refractivity contribution in [2.75, 3.05) is 11.9 Å². The zero-order chi connectivity index (χ0) is 17.8. The van der Waals surface area contributed by atoms with E-state index < -0.39 is 0 Å². The largest absolute Gasteiger partial charge is 0.326 e. The lowest BCUT2D eigenvalue weighted by molar-refractivity contribution is -0.140. The van der Waals surface area contributed by atoms with E-state index >= 15 is 0 Å². The summed E-state index contributed by atoms with van der Waals surface area (Å²) < 4.78 is 0. The zero-order valence-corrected chi connectivity index (χ0v) is 14.8. The minimum Gasteiger partial charge on any atom is -0.326 e. The van der Waals surface area contributed by atoms with Gasteiger partial charge in [0.25, 0.3) is 0 Å². The summed E-state index contributed by atoms with van der Waals surface area (Å²) in [5.41, 5.74) is 1.99. The Morgan fingerprint density at radius 3 is 2.24 bits per heavy atom. The van der Waals surface area contributed by atoms with Gasteiger partial charge in [-0.3, -0.25) is 19.3 Å². The number of hydrogen-bond donors (Lipinski definition) is 1. The van der Waals surface area contributed by atoms with Crippen molar-refractivity contribution in [3.8, 4) is 0 Å². The van der Waals surface area contributed by atoms with E-state index in [9.17, 15) is 14.4 Å². The molecule has 5 nitrogen and oxygen atoms in total. The number of nitrogens with one attached hydrogen (secondary N) is 1. The number of aryl methyl sites for hydroxylation is 1. The van der Waals surface area contributed by atoms with Crippen LogP contribution in [0.25, 0.3) is 0 Å². The summed E-state index contributed by atoms with van der Waals surface area (Å²) in [6.07, 6.45) is 5.91. The van der Waals surface area contributed by atoms with Gasteiger partial charge in [0.1, 0.15) is 0 Å². The van der Waals surface area contributed by atoms with Gasteiger partial charge in [-0.1, -0.05) is 38.3 Å². The number of fused-ring (bicyclic) bond motifs is 1. The molecular formula is C20H26N2O3. The monoisotopic (exact) mass is 342 g/mol. The van der Waals surface area contributed by atoms with Gasteiger partial charge in [-0.15, -0.1) is 0 Å². The number of carbonyl (C=O) groups excluding carboxylic acids is 3. The van der Waals surface area contributed by atoms with Crippen LogP contribution in [-0.4, -0.2) is 29.2 Å². The first-order valence-electron chi connectivity index (χ1n) is 9.34. The summed E-state index contributed by atoms with van der Waals surface area (Å²) in [6.45, 7) is 2.32. The van der Waals surface area contributed by atoms with Crippen LogP contribution >= 0.6 is 0 Å². The van der Waals surface area contributed by atoms with Crippen molar-refractivity contribution in [2.45, 2.75) is 51.9 Å². The lowest BCUT2D eigenvalue weighted by atomic mass is 9.81. The molecule has 1 aromatic rings. The molecular weight excluding hydrogens is 316 g/mol. The van der Waals surface area contributed by atoms with Crippen LogP contribution in [-0.2, 0) is 20.8 Å². The number of hydrogen-bond acceptors (Lipinski definition) is 3. The Morgan fingerprint density at radius 1 is 1.08 bits per heavy atom. The normalized spacial score (nSPS) is 22.8. The smallest absolute Gasteiger partial charge is 0.233 e. The Balaban J connectivity index is 1.52. The van der Waals surface area contributed by atoms with Gasteiger partial charge in [-0.05, 0) is 37.0 Å². The summed E-state index contributed by atoms with van der Waals surface area (Å²) >= 11 is 0. The summed E-state index contributed by atoms with van der Waals surface area (Å²) in [4.78, 5) is 38.2. The predicted octanol–water partition coefficient (Wildman–Crippen LogP) is 3.14. The Hall–Kier alpha value is -2.17. The molecule has 25 heavy (non-hydrogen) atoms. The van der Waals surface area contributed by atoms with Crippen LogP contribution in [0.15, 0.2) is 24.3 Å². The predicted molar refractivity (Wildman–Crippen MR) is 95.9 cm³/mol. The van der Waals surface area contributed by atoms with E-state index in [4.69, 9.17) is 0 Å².